The van der Waals surface area contributed by atoms with E-state index in [4.69, 9.17) is 4.74 Å². The molecule has 2 aromatic rings. The molecule has 0 saturated heterocycles. The van der Waals surface area contributed by atoms with E-state index in [0.29, 0.717) is 17.7 Å². The highest BCUT2D eigenvalue weighted by atomic mass is 32.1. The van der Waals surface area contributed by atoms with Gasteiger partial charge in [0.1, 0.15) is 5.75 Å². The first-order valence-electron chi connectivity index (χ1n) is 7.02. The summed E-state index contributed by atoms with van der Waals surface area (Å²) in [5, 5.41) is 0. The van der Waals surface area contributed by atoms with Crippen molar-refractivity contribution in [3.05, 3.63) is 51.7 Å². The van der Waals surface area contributed by atoms with E-state index in [1.165, 1.54) is 16.2 Å². The maximum absolute atomic E-state index is 12.0. The molecule has 0 fully saturated rings. The van der Waals surface area contributed by atoms with E-state index in [1.807, 2.05) is 19.1 Å². The van der Waals surface area contributed by atoms with Crippen LogP contribution in [-0.2, 0) is 6.42 Å². The Kier molecular flexibility index (Phi) is 5.28. The predicted octanol–water partition coefficient (Wildman–Crippen LogP) is 4.16. The molecule has 21 heavy (non-hydrogen) atoms. The van der Waals surface area contributed by atoms with Gasteiger partial charge < -0.3 is 4.74 Å². The van der Waals surface area contributed by atoms with Crippen LogP contribution >= 0.6 is 11.3 Å². The van der Waals surface area contributed by atoms with Gasteiger partial charge in [0, 0.05) is 16.9 Å². The van der Waals surface area contributed by atoms with Crippen LogP contribution in [0.1, 0.15) is 45.2 Å². The van der Waals surface area contributed by atoms with Crippen molar-refractivity contribution >= 4 is 22.9 Å². The zero-order valence-electron chi connectivity index (χ0n) is 12.2. The van der Waals surface area contributed by atoms with E-state index >= 15 is 0 Å². The summed E-state index contributed by atoms with van der Waals surface area (Å²) in [6.07, 6.45) is 1.42. The van der Waals surface area contributed by atoms with Gasteiger partial charge in [0.25, 0.3) is 0 Å². The molecule has 0 bridgehead atoms. The highest BCUT2D eigenvalue weighted by Crippen LogP contribution is 2.18. The Labute approximate surface area is 128 Å². The average Bonchev–Trinajstić information content (AvgIpc) is 3.01. The Hall–Kier alpha value is -1.94. The van der Waals surface area contributed by atoms with Gasteiger partial charge in [-0.25, -0.2) is 0 Å². The van der Waals surface area contributed by atoms with Crippen LogP contribution < -0.4 is 4.74 Å². The van der Waals surface area contributed by atoms with E-state index in [2.05, 4.69) is 6.92 Å². The van der Waals surface area contributed by atoms with Gasteiger partial charge in [-0.3, -0.25) is 9.59 Å². The molecular formula is C17H18O3S. The highest BCUT2D eigenvalue weighted by Gasteiger charge is 2.10. The molecule has 2 rings (SSSR count). The molecule has 3 nitrogen and oxygen atoms in total. The quantitative estimate of drug-likeness (QED) is 0.721. The van der Waals surface area contributed by atoms with Crippen LogP contribution in [0.25, 0.3) is 0 Å². The molecule has 1 aromatic heterocycles. The molecule has 1 aromatic carbocycles. The van der Waals surface area contributed by atoms with Gasteiger partial charge in [-0.05, 0) is 42.8 Å². The van der Waals surface area contributed by atoms with Crippen molar-refractivity contribution in [1.29, 1.82) is 0 Å². The second kappa shape index (κ2) is 7.18. The highest BCUT2D eigenvalue weighted by molar-refractivity contribution is 7.14. The fourth-order valence-electron chi connectivity index (χ4n) is 1.88. The molecule has 4 heteroatoms. The van der Waals surface area contributed by atoms with Crippen molar-refractivity contribution in [3.8, 4) is 5.75 Å². The lowest BCUT2D eigenvalue weighted by molar-refractivity contribution is 0.0924. The summed E-state index contributed by atoms with van der Waals surface area (Å²) in [4.78, 5) is 25.4. The number of aryl methyl sites for hydroxylation is 1. The summed E-state index contributed by atoms with van der Waals surface area (Å²) in [7, 11) is 0. The third kappa shape index (κ3) is 4.02. The van der Waals surface area contributed by atoms with Gasteiger partial charge in [0.2, 0.25) is 5.78 Å². The number of hydrogen-bond acceptors (Lipinski definition) is 4. The summed E-state index contributed by atoms with van der Waals surface area (Å²) in [6.45, 7) is 3.91. The zero-order chi connectivity index (χ0) is 15.2. The molecule has 0 atom stereocenters. The predicted molar refractivity (Wildman–Crippen MR) is 84.6 cm³/mol. The molecular weight excluding hydrogens is 284 g/mol. The van der Waals surface area contributed by atoms with Crippen molar-refractivity contribution in [2.45, 2.75) is 26.7 Å². The number of rotatable bonds is 7. The molecule has 1 heterocycles. The van der Waals surface area contributed by atoms with Gasteiger partial charge >= 0.3 is 0 Å². The number of carbonyl (C=O) groups is 2. The summed E-state index contributed by atoms with van der Waals surface area (Å²) < 4.78 is 5.48. The normalized spacial score (nSPS) is 10.4. The molecule has 0 saturated carbocycles. The minimum atomic E-state index is -0.0200. The van der Waals surface area contributed by atoms with Crippen LogP contribution in [0.3, 0.4) is 0 Å². The lowest BCUT2D eigenvalue weighted by atomic mass is 10.1. The molecule has 0 radical (unpaired) electrons. The number of ether oxygens (including phenoxy) is 1. The minimum Gasteiger partial charge on any atom is -0.485 e. The van der Waals surface area contributed by atoms with Crippen LogP contribution in [-0.4, -0.2) is 18.2 Å². The van der Waals surface area contributed by atoms with Crippen LogP contribution in [0.2, 0.25) is 0 Å². The van der Waals surface area contributed by atoms with Crippen LogP contribution in [0.5, 0.6) is 5.75 Å². The second-order valence-corrected chi connectivity index (χ2v) is 5.80. The first-order chi connectivity index (χ1) is 10.1. The van der Waals surface area contributed by atoms with Crippen molar-refractivity contribution in [1.82, 2.24) is 0 Å². The standard InChI is InChI=1S/C17H18O3S/c1-3-14-9-10-17(21-14)16(19)11-20-13-7-5-12(6-8-13)15(18)4-2/h5-10H,3-4,11H2,1-2H3. The number of carbonyl (C=O) groups excluding carboxylic acids is 2. The monoisotopic (exact) mass is 302 g/mol. The summed E-state index contributed by atoms with van der Waals surface area (Å²) in [5.41, 5.74) is 0.669. The molecule has 0 aliphatic heterocycles. The Balaban J connectivity index is 1.93. The molecule has 0 unspecified atom stereocenters. The molecule has 0 aliphatic carbocycles. The largest absolute Gasteiger partial charge is 0.485 e. The Morgan fingerprint density at radius 3 is 2.29 bits per heavy atom. The minimum absolute atomic E-state index is 0.0186. The van der Waals surface area contributed by atoms with Crippen LogP contribution in [0, 0.1) is 0 Å². The topological polar surface area (TPSA) is 43.4 Å². The SMILES string of the molecule is CCC(=O)c1ccc(OCC(=O)c2ccc(CC)s2)cc1. The van der Waals surface area contributed by atoms with E-state index in [9.17, 15) is 9.59 Å². The second-order valence-electron chi connectivity index (χ2n) is 4.63. The molecule has 0 N–H and O–H groups in total. The van der Waals surface area contributed by atoms with Crippen molar-refractivity contribution in [3.63, 3.8) is 0 Å². The van der Waals surface area contributed by atoms with E-state index in [1.54, 1.807) is 24.3 Å². The third-order valence-electron chi connectivity index (χ3n) is 3.15. The Morgan fingerprint density at radius 2 is 1.71 bits per heavy atom. The fourth-order valence-corrected chi connectivity index (χ4v) is 2.75. The molecule has 110 valence electrons. The van der Waals surface area contributed by atoms with Gasteiger partial charge in [-0.1, -0.05) is 13.8 Å². The first kappa shape index (κ1) is 15.4. The average molecular weight is 302 g/mol. The zero-order valence-corrected chi connectivity index (χ0v) is 13.0. The molecule has 0 amide bonds. The summed E-state index contributed by atoms with van der Waals surface area (Å²) in [6, 6.07) is 10.7. The fraction of sp³-hybridized carbons (Fsp3) is 0.294. The lowest BCUT2D eigenvalue weighted by Crippen LogP contribution is -2.10. The van der Waals surface area contributed by atoms with Gasteiger partial charge in [-0.2, -0.15) is 0 Å². The van der Waals surface area contributed by atoms with Gasteiger partial charge in [0.15, 0.2) is 12.4 Å². The van der Waals surface area contributed by atoms with Crippen molar-refractivity contribution < 1.29 is 14.3 Å². The Morgan fingerprint density at radius 1 is 1.00 bits per heavy atom. The van der Waals surface area contributed by atoms with E-state index in [-0.39, 0.29) is 18.2 Å². The maximum Gasteiger partial charge on any atom is 0.210 e. The molecule has 0 spiro atoms. The number of ketones is 2. The summed E-state index contributed by atoms with van der Waals surface area (Å²) >= 11 is 1.51. The number of hydrogen-bond donors (Lipinski definition) is 0. The van der Waals surface area contributed by atoms with E-state index in [0.717, 1.165) is 11.3 Å². The lowest BCUT2D eigenvalue weighted by Gasteiger charge is -2.05. The number of Topliss-reactive ketones (excluding diaryl/α,β-unsaturated/α-hetero) is 2. The first-order valence-corrected chi connectivity index (χ1v) is 7.83. The maximum atomic E-state index is 12.0. The smallest absolute Gasteiger partial charge is 0.210 e. The van der Waals surface area contributed by atoms with E-state index < -0.39 is 0 Å². The van der Waals surface area contributed by atoms with Crippen LogP contribution in [0.15, 0.2) is 36.4 Å². The van der Waals surface area contributed by atoms with Crippen LogP contribution in [0.4, 0.5) is 0 Å². The summed E-state index contributed by atoms with van der Waals surface area (Å²) in [5.74, 6) is 0.681. The Bertz CT molecular complexity index is 626. The van der Waals surface area contributed by atoms with Crippen molar-refractivity contribution in [2.75, 3.05) is 6.61 Å². The third-order valence-corrected chi connectivity index (χ3v) is 4.42. The number of thiophene rings is 1. The van der Waals surface area contributed by atoms with Crippen molar-refractivity contribution in [2.24, 2.45) is 0 Å². The molecule has 0 aliphatic rings. The van der Waals surface area contributed by atoms with Gasteiger partial charge in [0.05, 0.1) is 4.88 Å². The van der Waals surface area contributed by atoms with Gasteiger partial charge in [-0.15, -0.1) is 11.3 Å². The number of benzene rings is 1.